The second kappa shape index (κ2) is 6.49. The van der Waals surface area contributed by atoms with Gasteiger partial charge in [0.05, 0.1) is 6.20 Å². The summed E-state index contributed by atoms with van der Waals surface area (Å²) in [4.78, 5) is 29.9. The molecule has 3 aromatic rings. The van der Waals surface area contributed by atoms with Crippen molar-refractivity contribution < 1.29 is 4.79 Å². The molecule has 3 aromatic heterocycles. The summed E-state index contributed by atoms with van der Waals surface area (Å²) in [5.74, 6) is 0.271. The molecule has 2 N–H and O–H groups in total. The van der Waals surface area contributed by atoms with Crippen LogP contribution in [0.25, 0.3) is 5.65 Å². The lowest BCUT2D eigenvalue weighted by Crippen LogP contribution is -2.35. The number of amides is 1. The number of likely N-dealkylation sites (N-methyl/N-ethyl adjacent to an activating group) is 1. The minimum atomic E-state index is -0.419. The molecule has 0 saturated heterocycles. The van der Waals surface area contributed by atoms with Crippen LogP contribution in [-0.2, 0) is 0 Å². The molecule has 0 aliphatic heterocycles. The Morgan fingerprint density at radius 3 is 3.04 bits per heavy atom. The third-order valence-corrected chi connectivity index (χ3v) is 3.49. The number of aryl methyl sites for hydroxylation is 1. The summed E-state index contributed by atoms with van der Waals surface area (Å²) >= 11 is 0. The molecule has 9 heteroatoms. The summed E-state index contributed by atoms with van der Waals surface area (Å²) in [5.41, 5.74) is 0.854. The maximum Gasteiger partial charge on any atom is 0.278 e. The fraction of sp³-hybridized carbons (Fsp3) is 0.267. The van der Waals surface area contributed by atoms with Crippen molar-refractivity contribution in [2.24, 2.45) is 0 Å². The van der Waals surface area contributed by atoms with E-state index in [0.717, 1.165) is 5.65 Å². The van der Waals surface area contributed by atoms with Crippen molar-refractivity contribution in [1.82, 2.24) is 29.7 Å². The molecule has 0 aliphatic carbocycles. The molecule has 24 heavy (non-hydrogen) atoms. The first-order valence-corrected chi connectivity index (χ1v) is 7.40. The second-order valence-corrected chi connectivity index (χ2v) is 5.36. The molecule has 0 saturated carbocycles. The van der Waals surface area contributed by atoms with Crippen LogP contribution < -0.4 is 10.7 Å². The van der Waals surface area contributed by atoms with Gasteiger partial charge in [0, 0.05) is 44.2 Å². The number of nitrogens with one attached hydrogen (secondary N) is 2. The number of fused-ring (bicyclic) bond motifs is 1. The van der Waals surface area contributed by atoms with Crippen LogP contribution in [0.2, 0.25) is 0 Å². The van der Waals surface area contributed by atoms with Crippen LogP contribution in [0, 0.1) is 6.92 Å². The van der Waals surface area contributed by atoms with Gasteiger partial charge in [-0.3, -0.25) is 14.7 Å². The summed E-state index contributed by atoms with van der Waals surface area (Å²) in [5, 5.41) is 13.7. The van der Waals surface area contributed by atoms with Gasteiger partial charge in [-0.25, -0.2) is 9.50 Å². The van der Waals surface area contributed by atoms with Gasteiger partial charge in [-0.05, 0) is 13.0 Å². The number of aromatic amines is 1. The molecule has 3 heterocycles. The first-order valence-electron chi connectivity index (χ1n) is 7.40. The van der Waals surface area contributed by atoms with Gasteiger partial charge in [-0.15, -0.1) is 0 Å². The molecule has 0 aliphatic rings. The molecule has 0 unspecified atom stereocenters. The normalized spacial score (nSPS) is 10.8. The van der Waals surface area contributed by atoms with Gasteiger partial charge < -0.3 is 10.2 Å². The summed E-state index contributed by atoms with van der Waals surface area (Å²) in [7, 11) is 1.62. The van der Waals surface area contributed by atoms with Crippen LogP contribution in [0.1, 0.15) is 16.2 Å². The number of nitrogens with zero attached hydrogens (tertiary/aromatic N) is 5. The number of aromatic nitrogens is 5. The lowest BCUT2D eigenvalue weighted by molar-refractivity contribution is 0.0792. The minimum Gasteiger partial charge on any atom is -0.368 e. The van der Waals surface area contributed by atoms with Gasteiger partial charge in [0.1, 0.15) is 5.82 Å². The average molecular weight is 327 g/mol. The van der Waals surface area contributed by atoms with E-state index in [1.54, 1.807) is 43.0 Å². The topological polar surface area (TPSA) is 108 Å². The fourth-order valence-electron chi connectivity index (χ4n) is 2.19. The number of H-pyrrole nitrogens is 1. The monoisotopic (exact) mass is 327 g/mol. The van der Waals surface area contributed by atoms with E-state index in [4.69, 9.17) is 0 Å². The van der Waals surface area contributed by atoms with Crippen LogP contribution in [0.15, 0.2) is 35.4 Å². The first kappa shape index (κ1) is 15.7. The van der Waals surface area contributed by atoms with E-state index in [1.807, 2.05) is 0 Å². The smallest absolute Gasteiger partial charge is 0.278 e. The third-order valence-electron chi connectivity index (χ3n) is 3.49. The maximum atomic E-state index is 12.2. The van der Waals surface area contributed by atoms with Crippen LogP contribution in [0.4, 0.5) is 5.82 Å². The van der Waals surface area contributed by atoms with Crippen molar-refractivity contribution in [3.63, 3.8) is 0 Å². The van der Waals surface area contributed by atoms with E-state index in [1.165, 1.54) is 11.0 Å². The summed E-state index contributed by atoms with van der Waals surface area (Å²) in [6, 6.07) is 4.96. The van der Waals surface area contributed by atoms with Crippen LogP contribution >= 0.6 is 0 Å². The van der Waals surface area contributed by atoms with Gasteiger partial charge in [0.25, 0.3) is 5.91 Å². The molecule has 0 fully saturated rings. The van der Waals surface area contributed by atoms with Crippen molar-refractivity contribution in [2.75, 3.05) is 25.5 Å². The van der Waals surface area contributed by atoms with Crippen molar-refractivity contribution in [2.45, 2.75) is 6.92 Å². The lowest BCUT2D eigenvalue weighted by atomic mass is 10.3. The molecular formula is C15H17N7O2. The fourth-order valence-corrected chi connectivity index (χ4v) is 2.19. The summed E-state index contributed by atoms with van der Waals surface area (Å²) in [6.07, 6.45) is 3.47. The highest BCUT2D eigenvalue weighted by Gasteiger charge is 2.16. The standard InChI is InChI=1S/C15H17N7O2/c1-10-9-11(23)14(20-19-10)15(24)21(2)8-6-16-12-4-7-22-13(18-12)3-5-17-22/h3-5,7,9H,6,8H2,1-2H3,(H,16,18)(H,19,23). The van der Waals surface area contributed by atoms with Crippen LogP contribution in [0.5, 0.6) is 0 Å². The van der Waals surface area contributed by atoms with Crippen molar-refractivity contribution in [1.29, 1.82) is 0 Å². The Balaban J connectivity index is 1.59. The maximum absolute atomic E-state index is 12.2. The predicted octanol–water partition coefficient (Wildman–Crippen LogP) is 0.305. The Labute approximate surface area is 137 Å². The van der Waals surface area contributed by atoms with E-state index >= 15 is 0 Å². The Morgan fingerprint density at radius 1 is 1.42 bits per heavy atom. The highest BCUT2D eigenvalue weighted by molar-refractivity contribution is 5.91. The van der Waals surface area contributed by atoms with Crippen molar-refractivity contribution in [3.05, 3.63) is 52.2 Å². The Morgan fingerprint density at radius 2 is 2.25 bits per heavy atom. The van der Waals surface area contributed by atoms with E-state index < -0.39 is 5.91 Å². The van der Waals surface area contributed by atoms with E-state index in [2.05, 4.69) is 25.6 Å². The van der Waals surface area contributed by atoms with E-state index in [9.17, 15) is 9.59 Å². The molecule has 9 nitrogen and oxygen atoms in total. The quantitative estimate of drug-likeness (QED) is 0.698. The molecule has 1 amide bonds. The zero-order valence-corrected chi connectivity index (χ0v) is 13.4. The second-order valence-electron chi connectivity index (χ2n) is 5.36. The minimum absolute atomic E-state index is 0.109. The van der Waals surface area contributed by atoms with Gasteiger partial charge in [-0.2, -0.15) is 10.2 Å². The lowest BCUT2D eigenvalue weighted by Gasteiger charge is -2.16. The molecular weight excluding hydrogens is 310 g/mol. The molecule has 124 valence electrons. The van der Waals surface area contributed by atoms with E-state index in [-0.39, 0.29) is 11.1 Å². The van der Waals surface area contributed by atoms with Gasteiger partial charge in [-0.1, -0.05) is 0 Å². The molecule has 0 aromatic carbocycles. The van der Waals surface area contributed by atoms with Crippen LogP contribution in [0.3, 0.4) is 0 Å². The highest BCUT2D eigenvalue weighted by Crippen LogP contribution is 2.05. The summed E-state index contributed by atoms with van der Waals surface area (Å²) in [6.45, 7) is 2.60. The molecule has 0 atom stereocenters. The number of carbonyl (C=O) groups is 1. The Hall–Kier alpha value is -3.23. The third kappa shape index (κ3) is 3.24. The van der Waals surface area contributed by atoms with Crippen LogP contribution in [-0.4, -0.2) is 55.7 Å². The number of anilines is 1. The number of carbonyl (C=O) groups excluding carboxylic acids is 1. The largest absolute Gasteiger partial charge is 0.368 e. The zero-order chi connectivity index (χ0) is 17.1. The predicted molar refractivity (Wildman–Crippen MR) is 88.0 cm³/mol. The van der Waals surface area contributed by atoms with Gasteiger partial charge >= 0.3 is 0 Å². The van der Waals surface area contributed by atoms with E-state index in [0.29, 0.717) is 24.6 Å². The number of hydrogen-bond donors (Lipinski definition) is 2. The summed E-state index contributed by atoms with van der Waals surface area (Å²) < 4.78 is 1.66. The van der Waals surface area contributed by atoms with Crippen molar-refractivity contribution >= 4 is 17.4 Å². The van der Waals surface area contributed by atoms with Gasteiger partial charge in [0.15, 0.2) is 11.3 Å². The zero-order valence-electron chi connectivity index (χ0n) is 13.4. The average Bonchev–Trinajstić information content (AvgIpc) is 3.02. The van der Waals surface area contributed by atoms with Crippen molar-refractivity contribution in [3.8, 4) is 0 Å². The first-order chi connectivity index (χ1) is 11.5. The molecule has 0 radical (unpaired) electrons. The molecule has 0 spiro atoms. The Bertz CT molecular complexity index is 931. The van der Waals surface area contributed by atoms with Gasteiger partial charge in [0.2, 0.25) is 5.43 Å². The Kier molecular flexibility index (Phi) is 4.23. The number of hydrogen-bond acceptors (Lipinski definition) is 6. The highest BCUT2D eigenvalue weighted by atomic mass is 16.2. The SMILES string of the molecule is Cc1cc(=O)c(C(=O)N(C)CCNc2ccn3nccc3n2)n[nH]1. The molecule has 3 rings (SSSR count). The number of rotatable bonds is 5. The molecule has 0 bridgehead atoms.